The second-order valence-corrected chi connectivity index (χ2v) is 2.60. The number of carboxylic acid groups (broad SMARTS) is 1. The number of aliphatic hydroxyl groups excluding tert-OH is 1. The second kappa shape index (κ2) is 3.04. The van der Waals surface area contributed by atoms with Crippen LogP contribution in [0.1, 0.15) is 6.42 Å². The minimum absolute atomic E-state index is 0.111. The minimum Gasteiger partial charge on any atom is -0.465 e. The van der Waals surface area contributed by atoms with Crippen LogP contribution >= 0.6 is 0 Å². The van der Waals surface area contributed by atoms with Crippen molar-refractivity contribution < 1.29 is 19.4 Å². The summed E-state index contributed by atoms with van der Waals surface area (Å²) in [5, 5.41) is 17.1. The largest absolute Gasteiger partial charge is 0.465 e. The molecule has 5 heteroatoms. The van der Waals surface area contributed by atoms with E-state index in [9.17, 15) is 9.18 Å². The molecule has 0 bridgehead atoms. The summed E-state index contributed by atoms with van der Waals surface area (Å²) < 4.78 is 12.6. The van der Waals surface area contributed by atoms with Gasteiger partial charge in [-0.3, -0.25) is 0 Å². The summed E-state index contributed by atoms with van der Waals surface area (Å²) in [5.41, 5.74) is 0. The first-order valence-corrected chi connectivity index (χ1v) is 3.39. The molecule has 1 heterocycles. The van der Waals surface area contributed by atoms with Crippen molar-refractivity contribution in [3.63, 3.8) is 0 Å². The lowest BCUT2D eigenvalue weighted by molar-refractivity contribution is 0.117. The fourth-order valence-electron chi connectivity index (χ4n) is 1.27. The van der Waals surface area contributed by atoms with E-state index in [1.54, 1.807) is 0 Å². The van der Waals surface area contributed by atoms with Crippen LogP contribution < -0.4 is 0 Å². The lowest BCUT2D eigenvalue weighted by Gasteiger charge is -2.17. The predicted octanol–water partition coefficient (Wildman–Crippen LogP) is 0.0691. The fourth-order valence-corrected chi connectivity index (χ4v) is 1.27. The maximum atomic E-state index is 12.6. The van der Waals surface area contributed by atoms with E-state index in [0.717, 1.165) is 4.90 Å². The molecule has 1 aliphatic heterocycles. The van der Waals surface area contributed by atoms with Gasteiger partial charge in [0.2, 0.25) is 0 Å². The minimum atomic E-state index is -1.16. The quantitative estimate of drug-likeness (QED) is 0.575. The molecule has 1 saturated heterocycles. The van der Waals surface area contributed by atoms with E-state index in [0.29, 0.717) is 0 Å². The Morgan fingerprint density at radius 2 is 2.36 bits per heavy atom. The Balaban J connectivity index is 2.57. The number of halogens is 1. The van der Waals surface area contributed by atoms with E-state index >= 15 is 0 Å². The smallest absolute Gasteiger partial charge is 0.407 e. The molecule has 1 rings (SSSR count). The molecule has 0 radical (unpaired) electrons. The first kappa shape index (κ1) is 8.26. The molecule has 64 valence electrons. The van der Waals surface area contributed by atoms with Crippen molar-refractivity contribution in [1.29, 1.82) is 0 Å². The summed E-state index contributed by atoms with van der Waals surface area (Å²) in [6, 6.07) is -0.553. The van der Waals surface area contributed by atoms with Crippen LogP contribution in [0.3, 0.4) is 0 Å². The third kappa shape index (κ3) is 1.59. The van der Waals surface area contributed by atoms with Gasteiger partial charge in [0.1, 0.15) is 6.17 Å². The van der Waals surface area contributed by atoms with Gasteiger partial charge in [-0.2, -0.15) is 0 Å². The summed E-state index contributed by atoms with van der Waals surface area (Å²) in [7, 11) is 0. The Labute approximate surface area is 63.2 Å². The van der Waals surface area contributed by atoms with Crippen LogP contribution in [0.5, 0.6) is 0 Å². The van der Waals surface area contributed by atoms with Crippen LogP contribution in [0.15, 0.2) is 0 Å². The lowest BCUT2D eigenvalue weighted by Crippen LogP contribution is -2.36. The van der Waals surface area contributed by atoms with Crippen LogP contribution in [0, 0.1) is 0 Å². The van der Waals surface area contributed by atoms with Gasteiger partial charge in [-0.05, 0) is 0 Å². The van der Waals surface area contributed by atoms with Crippen LogP contribution in [0.2, 0.25) is 0 Å². The highest BCUT2D eigenvalue weighted by Gasteiger charge is 2.34. The second-order valence-electron chi connectivity index (χ2n) is 2.60. The van der Waals surface area contributed by atoms with Crippen molar-refractivity contribution in [3.8, 4) is 0 Å². The van der Waals surface area contributed by atoms with Crippen molar-refractivity contribution in [1.82, 2.24) is 4.90 Å². The normalized spacial score (nSPS) is 30.9. The van der Waals surface area contributed by atoms with Gasteiger partial charge in [0.15, 0.2) is 0 Å². The van der Waals surface area contributed by atoms with Crippen molar-refractivity contribution in [2.45, 2.75) is 18.6 Å². The molecule has 0 aromatic heterocycles. The number of carbonyl (C=O) groups is 1. The summed E-state index contributed by atoms with van der Waals surface area (Å²) >= 11 is 0. The monoisotopic (exact) mass is 163 g/mol. The number of hydrogen-bond donors (Lipinski definition) is 2. The standard InChI is InChI=1S/C6H10FNO3/c7-4-1-5(3-9)8(2-4)6(10)11/h4-5,9H,1-3H2,(H,10,11)/t4-,5?/m0/s1. The summed E-state index contributed by atoms with van der Waals surface area (Å²) in [6.45, 7) is -0.409. The first-order chi connectivity index (χ1) is 5.15. The molecular weight excluding hydrogens is 153 g/mol. The lowest BCUT2D eigenvalue weighted by atomic mass is 10.2. The molecule has 0 aromatic rings. The molecule has 1 unspecified atom stereocenters. The van der Waals surface area contributed by atoms with Gasteiger partial charge in [-0.25, -0.2) is 9.18 Å². The number of alkyl halides is 1. The fraction of sp³-hybridized carbons (Fsp3) is 0.833. The van der Waals surface area contributed by atoms with Crippen LogP contribution in [0.25, 0.3) is 0 Å². The molecule has 1 fully saturated rings. The van der Waals surface area contributed by atoms with Gasteiger partial charge < -0.3 is 15.1 Å². The molecule has 11 heavy (non-hydrogen) atoms. The van der Waals surface area contributed by atoms with E-state index in [4.69, 9.17) is 10.2 Å². The zero-order valence-electron chi connectivity index (χ0n) is 5.90. The summed E-state index contributed by atoms with van der Waals surface area (Å²) in [5.74, 6) is 0. The van der Waals surface area contributed by atoms with E-state index in [1.807, 2.05) is 0 Å². The summed E-state index contributed by atoms with van der Waals surface area (Å²) in [4.78, 5) is 11.3. The number of rotatable bonds is 1. The van der Waals surface area contributed by atoms with Gasteiger partial charge in [0.25, 0.3) is 0 Å². The zero-order chi connectivity index (χ0) is 8.43. The third-order valence-electron chi connectivity index (χ3n) is 1.82. The van der Waals surface area contributed by atoms with E-state index in [-0.39, 0.29) is 19.6 Å². The molecule has 2 atom stereocenters. The van der Waals surface area contributed by atoms with Gasteiger partial charge in [-0.15, -0.1) is 0 Å². The molecule has 0 aromatic carbocycles. The van der Waals surface area contributed by atoms with E-state index in [2.05, 4.69) is 0 Å². The Bertz CT molecular complexity index is 164. The average molecular weight is 163 g/mol. The van der Waals surface area contributed by atoms with Gasteiger partial charge in [-0.1, -0.05) is 0 Å². The van der Waals surface area contributed by atoms with Crippen molar-refractivity contribution in [2.75, 3.05) is 13.2 Å². The van der Waals surface area contributed by atoms with E-state index in [1.165, 1.54) is 0 Å². The number of aliphatic hydroxyl groups is 1. The molecule has 0 aliphatic carbocycles. The van der Waals surface area contributed by atoms with Crippen molar-refractivity contribution >= 4 is 6.09 Å². The van der Waals surface area contributed by atoms with Crippen molar-refractivity contribution in [2.24, 2.45) is 0 Å². The van der Waals surface area contributed by atoms with Crippen LogP contribution in [0.4, 0.5) is 9.18 Å². The Morgan fingerprint density at radius 1 is 1.73 bits per heavy atom. The number of hydrogen-bond acceptors (Lipinski definition) is 2. The van der Waals surface area contributed by atoms with Gasteiger partial charge in [0, 0.05) is 6.42 Å². The Morgan fingerprint density at radius 3 is 2.73 bits per heavy atom. The third-order valence-corrected chi connectivity index (χ3v) is 1.82. The zero-order valence-corrected chi connectivity index (χ0v) is 5.90. The highest BCUT2D eigenvalue weighted by molar-refractivity contribution is 5.66. The molecule has 2 N–H and O–H groups in total. The van der Waals surface area contributed by atoms with Crippen molar-refractivity contribution in [3.05, 3.63) is 0 Å². The SMILES string of the molecule is O=C(O)N1C[C@@H](F)CC1CO. The number of amides is 1. The Kier molecular flexibility index (Phi) is 2.28. The average Bonchev–Trinajstić information content (AvgIpc) is 2.30. The maximum absolute atomic E-state index is 12.6. The highest BCUT2D eigenvalue weighted by atomic mass is 19.1. The molecular formula is C6H10FNO3. The predicted molar refractivity (Wildman–Crippen MR) is 35.1 cm³/mol. The molecule has 1 amide bonds. The summed E-state index contributed by atoms with van der Waals surface area (Å²) in [6.07, 6.45) is -2.17. The topological polar surface area (TPSA) is 60.8 Å². The number of likely N-dealkylation sites (tertiary alicyclic amines) is 1. The van der Waals surface area contributed by atoms with Gasteiger partial charge >= 0.3 is 6.09 Å². The Hall–Kier alpha value is -0.840. The van der Waals surface area contributed by atoms with Crippen LogP contribution in [-0.2, 0) is 0 Å². The molecule has 4 nitrogen and oxygen atoms in total. The maximum Gasteiger partial charge on any atom is 0.407 e. The molecule has 0 spiro atoms. The number of nitrogens with zero attached hydrogens (tertiary/aromatic N) is 1. The van der Waals surface area contributed by atoms with E-state index < -0.39 is 18.3 Å². The van der Waals surface area contributed by atoms with Gasteiger partial charge in [0.05, 0.1) is 19.2 Å². The first-order valence-electron chi connectivity index (χ1n) is 3.39. The molecule has 0 saturated carbocycles. The van der Waals surface area contributed by atoms with Crippen LogP contribution in [-0.4, -0.2) is 46.6 Å². The highest BCUT2D eigenvalue weighted by Crippen LogP contribution is 2.19. The molecule has 1 aliphatic rings.